The molecule has 0 saturated carbocycles. The molecule has 1 nitrogen and oxygen atoms in total. The van der Waals surface area contributed by atoms with E-state index in [1.165, 1.54) is 4.70 Å². The highest BCUT2D eigenvalue weighted by Gasteiger charge is 2.10. The highest BCUT2D eigenvalue weighted by Crippen LogP contribution is 2.35. The van der Waals surface area contributed by atoms with E-state index in [2.05, 4.69) is 17.4 Å². The maximum absolute atomic E-state index is 6.44. The number of hydrogen-bond donors (Lipinski definition) is 1. The predicted molar refractivity (Wildman–Crippen MR) is 90.4 cm³/mol. The van der Waals surface area contributed by atoms with Crippen LogP contribution in [0.5, 0.6) is 0 Å². The van der Waals surface area contributed by atoms with Crippen LogP contribution in [0.2, 0.25) is 10.0 Å². The van der Waals surface area contributed by atoms with Gasteiger partial charge in [0.15, 0.2) is 0 Å². The van der Waals surface area contributed by atoms with Crippen LogP contribution in [-0.2, 0) is 6.54 Å². The predicted octanol–water partition coefficient (Wildman–Crippen LogP) is 6.13. The summed E-state index contributed by atoms with van der Waals surface area (Å²) in [6, 6.07) is 14.1. The lowest BCUT2D eigenvalue weighted by Gasteiger charge is -2.09. The van der Waals surface area contributed by atoms with Crippen molar-refractivity contribution >= 4 is 50.3 Å². The van der Waals surface area contributed by atoms with Gasteiger partial charge < -0.3 is 5.32 Å². The zero-order chi connectivity index (χ0) is 14.1. The minimum Gasteiger partial charge on any atom is -0.380 e. The molecule has 0 fully saturated rings. The fourth-order valence-electron chi connectivity index (χ4n) is 2.15. The third kappa shape index (κ3) is 2.51. The zero-order valence-corrected chi connectivity index (χ0v) is 13.2. The molecule has 2 aromatic carbocycles. The lowest BCUT2D eigenvalue weighted by molar-refractivity contribution is 1.18. The van der Waals surface area contributed by atoms with Crippen molar-refractivity contribution < 1.29 is 0 Å². The molecule has 3 rings (SSSR count). The summed E-state index contributed by atoms with van der Waals surface area (Å²) in [6.45, 7) is 2.72. The molecular weight excluding hydrogens is 309 g/mol. The summed E-state index contributed by atoms with van der Waals surface area (Å²) in [6.07, 6.45) is 0. The van der Waals surface area contributed by atoms with Gasteiger partial charge in [-0.25, -0.2) is 0 Å². The Balaban J connectivity index is 1.87. The smallest absolute Gasteiger partial charge is 0.0642 e. The molecule has 1 aromatic heterocycles. The molecule has 0 aliphatic heterocycles. The number of thiophene rings is 1. The summed E-state index contributed by atoms with van der Waals surface area (Å²) < 4.78 is 1.22. The Bertz CT molecular complexity index is 764. The summed E-state index contributed by atoms with van der Waals surface area (Å²) in [5.41, 5.74) is 2.11. The van der Waals surface area contributed by atoms with Gasteiger partial charge in [0.25, 0.3) is 0 Å². The maximum Gasteiger partial charge on any atom is 0.0642 e. The van der Waals surface area contributed by atoms with Crippen LogP contribution in [-0.4, -0.2) is 0 Å². The van der Waals surface area contributed by atoms with E-state index in [0.717, 1.165) is 31.6 Å². The maximum atomic E-state index is 6.44. The Hall–Kier alpha value is -1.22. The molecule has 0 spiro atoms. The summed E-state index contributed by atoms with van der Waals surface area (Å²) in [4.78, 5) is 1.15. The molecule has 0 unspecified atom stereocenters. The number of fused-ring (bicyclic) bond motifs is 1. The van der Waals surface area contributed by atoms with Crippen molar-refractivity contribution in [1.82, 2.24) is 0 Å². The molecule has 0 aliphatic carbocycles. The number of nitrogens with one attached hydrogen (secondary N) is 1. The third-order valence-electron chi connectivity index (χ3n) is 3.31. The van der Waals surface area contributed by atoms with E-state index in [9.17, 15) is 0 Å². The second-order valence-corrected chi connectivity index (χ2v) is 6.52. The van der Waals surface area contributed by atoms with E-state index < -0.39 is 0 Å². The van der Waals surface area contributed by atoms with E-state index in [1.54, 1.807) is 11.3 Å². The molecule has 0 saturated heterocycles. The Labute approximate surface area is 132 Å². The first-order chi connectivity index (χ1) is 9.66. The molecule has 0 bridgehead atoms. The second-order valence-electron chi connectivity index (χ2n) is 4.60. The number of halogens is 2. The van der Waals surface area contributed by atoms with Gasteiger partial charge in [-0.1, -0.05) is 47.5 Å². The molecule has 20 heavy (non-hydrogen) atoms. The number of benzene rings is 2. The molecular formula is C16H13Cl2NS. The van der Waals surface area contributed by atoms with Gasteiger partial charge in [0, 0.05) is 25.7 Å². The standard InChI is InChI=1S/C16H13Cl2NS/c1-10-12(17)6-4-7-13(10)19-9-15-16(18)11-5-2-3-8-14(11)20-15/h2-8,19H,9H2,1H3. The molecule has 1 N–H and O–H groups in total. The molecule has 0 atom stereocenters. The van der Waals surface area contributed by atoms with E-state index >= 15 is 0 Å². The van der Waals surface area contributed by atoms with Crippen LogP contribution in [0.1, 0.15) is 10.4 Å². The fraction of sp³-hybridized carbons (Fsp3) is 0.125. The summed E-state index contributed by atoms with van der Waals surface area (Å²) in [7, 11) is 0. The third-order valence-corrected chi connectivity index (χ3v) is 5.43. The van der Waals surface area contributed by atoms with Crippen molar-refractivity contribution in [3.8, 4) is 0 Å². The van der Waals surface area contributed by atoms with Crippen molar-refractivity contribution in [3.05, 3.63) is 63.0 Å². The summed E-state index contributed by atoms with van der Waals surface area (Å²) in [5, 5.41) is 6.16. The number of hydrogen-bond acceptors (Lipinski definition) is 2. The van der Waals surface area contributed by atoms with Crippen LogP contribution in [0.25, 0.3) is 10.1 Å². The van der Waals surface area contributed by atoms with Crippen molar-refractivity contribution in [2.24, 2.45) is 0 Å². The van der Waals surface area contributed by atoms with E-state index in [4.69, 9.17) is 23.2 Å². The average molecular weight is 322 g/mol. The first-order valence-electron chi connectivity index (χ1n) is 6.31. The Morgan fingerprint density at radius 1 is 1.05 bits per heavy atom. The largest absolute Gasteiger partial charge is 0.380 e. The van der Waals surface area contributed by atoms with Crippen LogP contribution < -0.4 is 5.32 Å². The molecule has 0 amide bonds. The SMILES string of the molecule is Cc1c(Cl)cccc1NCc1sc2ccccc2c1Cl. The molecule has 1 heterocycles. The van der Waals surface area contributed by atoms with Gasteiger partial charge in [0.1, 0.15) is 0 Å². The minimum atomic E-state index is 0.708. The average Bonchev–Trinajstić information content (AvgIpc) is 2.78. The molecule has 3 aromatic rings. The van der Waals surface area contributed by atoms with Crippen LogP contribution in [0.15, 0.2) is 42.5 Å². The number of rotatable bonds is 3. The molecule has 0 aliphatic rings. The van der Waals surface area contributed by atoms with E-state index in [1.807, 2.05) is 37.3 Å². The van der Waals surface area contributed by atoms with E-state index in [-0.39, 0.29) is 0 Å². The normalized spacial score (nSPS) is 10.9. The lowest BCUT2D eigenvalue weighted by Crippen LogP contribution is -1.99. The van der Waals surface area contributed by atoms with Crippen LogP contribution in [0.4, 0.5) is 5.69 Å². The number of anilines is 1. The minimum absolute atomic E-state index is 0.708. The van der Waals surface area contributed by atoms with Crippen LogP contribution in [0.3, 0.4) is 0 Å². The van der Waals surface area contributed by atoms with Gasteiger partial charge in [-0.05, 0) is 30.7 Å². The fourth-order valence-corrected chi connectivity index (χ4v) is 3.77. The lowest BCUT2D eigenvalue weighted by atomic mass is 10.2. The van der Waals surface area contributed by atoms with Crippen molar-refractivity contribution in [2.45, 2.75) is 13.5 Å². The zero-order valence-electron chi connectivity index (χ0n) is 10.9. The van der Waals surface area contributed by atoms with Crippen LogP contribution >= 0.6 is 34.5 Å². The van der Waals surface area contributed by atoms with Crippen LogP contribution in [0, 0.1) is 6.92 Å². The Morgan fingerprint density at radius 2 is 1.85 bits per heavy atom. The molecule has 4 heteroatoms. The monoisotopic (exact) mass is 321 g/mol. The first kappa shape index (κ1) is 13.7. The van der Waals surface area contributed by atoms with E-state index in [0.29, 0.717) is 6.54 Å². The second kappa shape index (κ2) is 5.65. The van der Waals surface area contributed by atoms with Crippen molar-refractivity contribution in [3.63, 3.8) is 0 Å². The first-order valence-corrected chi connectivity index (χ1v) is 7.89. The summed E-state index contributed by atoms with van der Waals surface area (Å²) >= 11 is 14.3. The molecule has 102 valence electrons. The van der Waals surface area contributed by atoms with Gasteiger partial charge in [-0.3, -0.25) is 0 Å². The molecule has 0 radical (unpaired) electrons. The summed E-state index contributed by atoms with van der Waals surface area (Å²) in [5.74, 6) is 0. The van der Waals surface area contributed by atoms with Gasteiger partial charge in [-0.2, -0.15) is 0 Å². The quantitative estimate of drug-likeness (QED) is 0.612. The van der Waals surface area contributed by atoms with Gasteiger partial charge in [0.05, 0.1) is 11.6 Å². The van der Waals surface area contributed by atoms with Crippen molar-refractivity contribution in [2.75, 3.05) is 5.32 Å². The Morgan fingerprint density at radius 3 is 2.65 bits per heavy atom. The van der Waals surface area contributed by atoms with Gasteiger partial charge in [-0.15, -0.1) is 11.3 Å². The Kier molecular flexibility index (Phi) is 3.88. The van der Waals surface area contributed by atoms with Crippen molar-refractivity contribution in [1.29, 1.82) is 0 Å². The topological polar surface area (TPSA) is 12.0 Å². The van der Waals surface area contributed by atoms with Gasteiger partial charge >= 0.3 is 0 Å². The highest BCUT2D eigenvalue weighted by molar-refractivity contribution is 7.19. The van der Waals surface area contributed by atoms with Gasteiger partial charge in [0.2, 0.25) is 0 Å². The highest BCUT2D eigenvalue weighted by atomic mass is 35.5.